The van der Waals surface area contributed by atoms with Gasteiger partial charge >= 0.3 is 5.76 Å². The number of carbonyl (C=O) groups excluding carboxylic acids is 1. The number of rotatable bonds is 7. The lowest BCUT2D eigenvalue weighted by molar-refractivity contribution is -0.122. The number of nitrogens with zero attached hydrogens (tertiary/aromatic N) is 3. The molecule has 0 spiro atoms. The van der Waals surface area contributed by atoms with Gasteiger partial charge in [-0.3, -0.25) is 14.3 Å². The maximum atomic E-state index is 12.5. The minimum Gasteiger partial charge on any atom is -0.348 e. The van der Waals surface area contributed by atoms with Crippen molar-refractivity contribution in [2.24, 2.45) is 5.92 Å². The van der Waals surface area contributed by atoms with E-state index < -0.39 is 5.76 Å². The average Bonchev–Trinajstić information content (AvgIpc) is 3.03. The number of aromatic nitrogens is 3. The summed E-state index contributed by atoms with van der Waals surface area (Å²) in [4.78, 5) is 28.6. The third kappa shape index (κ3) is 4.73. The van der Waals surface area contributed by atoms with Crippen LogP contribution in [0.15, 0.2) is 58.0 Å². The molecule has 28 heavy (non-hydrogen) atoms. The molecule has 7 nitrogen and oxygen atoms in total. The maximum absolute atomic E-state index is 12.5. The zero-order chi connectivity index (χ0) is 20.1. The molecule has 0 radical (unpaired) electrons. The van der Waals surface area contributed by atoms with E-state index >= 15 is 0 Å². The van der Waals surface area contributed by atoms with Gasteiger partial charge in [0.25, 0.3) is 0 Å². The molecule has 146 valence electrons. The van der Waals surface area contributed by atoms with E-state index in [1.165, 1.54) is 10.1 Å². The van der Waals surface area contributed by atoms with Gasteiger partial charge in [-0.15, -0.1) is 0 Å². The number of hydrogen-bond acceptors (Lipinski definition) is 5. The molecule has 1 N–H and O–H groups in total. The van der Waals surface area contributed by atoms with E-state index in [4.69, 9.17) is 4.52 Å². The van der Waals surface area contributed by atoms with Crippen molar-refractivity contribution in [2.75, 3.05) is 0 Å². The summed E-state index contributed by atoms with van der Waals surface area (Å²) in [5.74, 6) is -0.174. The van der Waals surface area contributed by atoms with Crippen LogP contribution in [0.2, 0.25) is 0 Å². The van der Waals surface area contributed by atoms with Gasteiger partial charge in [-0.2, -0.15) is 0 Å². The molecule has 0 saturated carbocycles. The number of nitrogens with one attached hydrogen (secondary N) is 1. The molecule has 1 aromatic carbocycles. The lowest BCUT2D eigenvalue weighted by atomic mass is 10.00. The van der Waals surface area contributed by atoms with Gasteiger partial charge in [0.15, 0.2) is 0 Å². The van der Waals surface area contributed by atoms with Gasteiger partial charge in [0.1, 0.15) is 12.2 Å². The van der Waals surface area contributed by atoms with Crippen molar-refractivity contribution in [2.45, 2.75) is 39.8 Å². The highest BCUT2D eigenvalue weighted by Crippen LogP contribution is 2.16. The van der Waals surface area contributed by atoms with E-state index in [2.05, 4.69) is 41.4 Å². The van der Waals surface area contributed by atoms with Crippen molar-refractivity contribution < 1.29 is 9.32 Å². The summed E-state index contributed by atoms with van der Waals surface area (Å²) < 4.78 is 5.90. The van der Waals surface area contributed by atoms with Gasteiger partial charge in [0.2, 0.25) is 11.7 Å². The highest BCUT2D eigenvalue weighted by molar-refractivity contribution is 5.76. The van der Waals surface area contributed by atoms with Crippen LogP contribution >= 0.6 is 0 Å². The normalized spacial score (nSPS) is 12.1. The average molecular weight is 380 g/mol. The first-order chi connectivity index (χ1) is 13.4. The molecule has 3 rings (SSSR count). The summed E-state index contributed by atoms with van der Waals surface area (Å²) in [6, 6.07) is 13.3. The van der Waals surface area contributed by atoms with Crippen molar-refractivity contribution in [3.8, 4) is 11.5 Å². The zero-order valence-electron chi connectivity index (χ0n) is 16.3. The predicted octanol–water partition coefficient (Wildman–Crippen LogP) is 2.97. The molecular formula is C21H24N4O3. The predicted molar refractivity (Wildman–Crippen MR) is 106 cm³/mol. The van der Waals surface area contributed by atoms with Crippen molar-refractivity contribution in [1.82, 2.24) is 20.0 Å². The molecule has 0 bridgehead atoms. The monoisotopic (exact) mass is 380 g/mol. The molecule has 0 aliphatic rings. The molecule has 0 aliphatic heterocycles. The van der Waals surface area contributed by atoms with Crippen molar-refractivity contribution >= 4 is 5.91 Å². The van der Waals surface area contributed by atoms with Gasteiger partial charge in [0.05, 0.1) is 6.04 Å². The topological polar surface area (TPSA) is 90.0 Å². The fourth-order valence-electron chi connectivity index (χ4n) is 3.01. The third-order valence-corrected chi connectivity index (χ3v) is 4.38. The molecule has 1 amide bonds. The Morgan fingerprint density at radius 1 is 1.14 bits per heavy atom. The van der Waals surface area contributed by atoms with Crippen LogP contribution in [0.3, 0.4) is 0 Å². The van der Waals surface area contributed by atoms with Crippen LogP contribution in [-0.4, -0.2) is 20.6 Å². The fourth-order valence-corrected chi connectivity index (χ4v) is 3.01. The van der Waals surface area contributed by atoms with Crippen LogP contribution in [0.5, 0.6) is 0 Å². The smallest absolute Gasteiger partial charge is 0.348 e. The minimum absolute atomic E-state index is 0.186. The number of carbonyl (C=O) groups is 1. The second kappa shape index (κ2) is 8.65. The molecule has 1 atom stereocenters. The lowest BCUT2D eigenvalue weighted by Gasteiger charge is -2.15. The lowest BCUT2D eigenvalue weighted by Crippen LogP contribution is -2.33. The van der Waals surface area contributed by atoms with Gasteiger partial charge in [-0.05, 0) is 42.5 Å². The SMILES string of the molecule is CC(C)Cc1ccc(C(C)NC(=O)Cn2c(-c3ccccn3)noc2=O)cc1. The Labute approximate surface area is 163 Å². The highest BCUT2D eigenvalue weighted by Gasteiger charge is 2.18. The van der Waals surface area contributed by atoms with Gasteiger partial charge in [-0.25, -0.2) is 9.36 Å². The third-order valence-electron chi connectivity index (χ3n) is 4.38. The minimum atomic E-state index is -0.693. The molecule has 3 aromatic rings. The van der Waals surface area contributed by atoms with Crippen LogP contribution in [0.25, 0.3) is 11.5 Å². The molecule has 1 unspecified atom stereocenters. The maximum Gasteiger partial charge on any atom is 0.442 e. The second-order valence-electron chi connectivity index (χ2n) is 7.20. The van der Waals surface area contributed by atoms with Crippen LogP contribution in [-0.2, 0) is 17.8 Å². The second-order valence-corrected chi connectivity index (χ2v) is 7.20. The van der Waals surface area contributed by atoms with E-state index in [-0.39, 0.29) is 24.3 Å². The molecule has 2 heterocycles. The Balaban J connectivity index is 1.68. The first-order valence-electron chi connectivity index (χ1n) is 9.30. The molecule has 0 aliphatic carbocycles. The van der Waals surface area contributed by atoms with Crippen molar-refractivity contribution in [3.05, 3.63) is 70.3 Å². The number of pyridine rings is 1. The molecular weight excluding hydrogens is 356 g/mol. The van der Waals surface area contributed by atoms with Crippen molar-refractivity contribution in [1.29, 1.82) is 0 Å². The summed E-state index contributed by atoms with van der Waals surface area (Å²) in [5, 5.41) is 6.65. The molecule has 2 aromatic heterocycles. The van der Waals surface area contributed by atoms with E-state index in [9.17, 15) is 9.59 Å². The van der Waals surface area contributed by atoms with Crippen LogP contribution in [0, 0.1) is 5.92 Å². The Morgan fingerprint density at radius 3 is 2.54 bits per heavy atom. The fraction of sp³-hybridized carbons (Fsp3) is 0.333. The summed E-state index contributed by atoms with van der Waals surface area (Å²) in [6.07, 6.45) is 2.61. The zero-order valence-corrected chi connectivity index (χ0v) is 16.3. The molecule has 0 saturated heterocycles. The Hall–Kier alpha value is -3.22. The number of amides is 1. The van der Waals surface area contributed by atoms with Crippen LogP contribution in [0.1, 0.15) is 37.9 Å². The molecule has 7 heteroatoms. The van der Waals surface area contributed by atoms with E-state index in [0.29, 0.717) is 11.6 Å². The number of benzene rings is 1. The summed E-state index contributed by atoms with van der Waals surface area (Å²) >= 11 is 0. The summed E-state index contributed by atoms with van der Waals surface area (Å²) in [6.45, 7) is 6.08. The van der Waals surface area contributed by atoms with Gasteiger partial charge in [-0.1, -0.05) is 49.3 Å². The van der Waals surface area contributed by atoms with E-state index in [1.807, 2.05) is 19.1 Å². The number of hydrogen-bond donors (Lipinski definition) is 1. The summed E-state index contributed by atoms with van der Waals surface area (Å²) in [5.41, 5.74) is 2.74. The first-order valence-corrected chi connectivity index (χ1v) is 9.30. The van der Waals surface area contributed by atoms with E-state index in [0.717, 1.165) is 12.0 Å². The summed E-state index contributed by atoms with van der Waals surface area (Å²) in [7, 11) is 0. The first kappa shape index (κ1) is 19.5. The highest BCUT2D eigenvalue weighted by atomic mass is 16.5. The van der Waals surface area contributed by atoms with Crippen molar-refractivity contribution in [3.63, 3.8) is 0 Å². The quantitative estimate of drug-likeness (QED) is 0.681. The van der Waals surface area contributed by atoms with Gasteiger partial charge < -0.3 is 5.32 Å². The van der Waals surface area contributed by atoms with E-state index in [1.54, 1.807) is 24.4 Å². The Bertz CT molecular complexity index is 975. The van der Waals surface area contributed by atoms with Gasteiger partial charge in [0, 0.05) is 6.20 Å². The Morgan fingerprint density at radius 2 is 1.89 bits per heavy atom. The largest absolute Gasteiger partial charge is 0.442 e. The Kier molecular flexibility index (Phi) is 6.03. The van der Waals surface area contributed by atoms with Crippen LogP contribution < -0.4 is 11.1 Å². The molecule has 0 fully saturated rings. The standard InChI is InChI=1S/C21H24N4O3/c1-14(2)12-16-7-9-17(10-8-16)15(3)23-19(26)13-25-20(24-28-21(25)27)18-6-4-5-11-22-18/h4-11,14-15H,12-13H2,1-3H3,(H,23,26). The van der Waals surface area contributed by atoms with Crippen LogP contribution in [0.4, 0.5) is 0 Å².